The molecule has 2 N–H and O–H groups in total. The Balaban J connectivity index is 1.47. The van der Waals surface area contributed by atoms with Crippen LogP contribution < -0.4 is 20.3 Å². The summed E-state index contributed by atoms with van der Waals surface area (Å²) < 4.78 is 5.34. The number of hydrogen-bond donors (Lipinski definition) is 2. The second-order valence-corrected chi connectivity index (χ2v) is 7.97. The van der Waals surface area contributed by atoms with Crippen LogP contribution in [0.3, 0.4) is 0 Å². The molecule has 6 nitrogen and oxygen atoms in total. The molecular weight excluding hydrogens is 350 g/mol. The van der Waals surface area contributed by atoms with Gasteiger partial charge in [-0.05, 0) is 56.7 Å². The zero-order chi connectivity index (χ0) is 20.1. The van der Waals surface area contributed by atoms with E-state index >= 15 is 0 Å². The van der Waals surface area contributed by atoms with Crippen molar-refractivity contribution in [2.45, 2.75) is 58.2 Å². The molecule has 3 rings (SSSR count). The van der Waals surface area contributed by atoms with Crippen molar-refractivity contribution in [2.75, 3.05) is 31.4 Å². The molecule has 1 fully saturated rings. The predicted octanol–water partition coefficient (Wildman–Crippen LogP) is 3.68. The molecule has 0 radical (unpaired) electrons. The van der Waals surface area contributed by atoms with Crippen LogP contribution in [0.15, 0.2) is 24.4 Å². The molecule has 28 heavy (non-hydrogen) atoms. The summed E-state index contributed by atoms with van der Waals surface area (Å²) in [4.78, 5) is 11.2. The number of aromatic nitrogens is 2. The maximum absolute atomic E-state index is 5.34. The van der Waals surface area contributed by atoms with Crippen LogP contribution in [0.1, 0.15) is 42.4 Å². The Labute approximate surface area is 168 Å². The third kappa shape index (κ3) is 5.13. The van der Waals surface area contributed by atoms with Crippen LogP contribution in [0.4, 0.5) is 11.8 Å². The van der Waals surface area contributed by atoms with Gasteiger partial charge in [0.1, 0.15) is 11.6 Å². The summed E-state index contributed by atoms with van der Waals surface area (Å²) in [6.45, 7) is 5.04. The molecule has 0 amide bonds. The molecule has 0 spiro atoms. The summed E-state index contributed by atoms with van der Waals surface area (Å²) in [6, 6.07) is 7.41. The number of nitrogens with one attached hydrogen (secondary N) is 2. The minimum absolute atomic E-state index is 0.444. The van der Waals surface area contributed by atoms with E-state index in [1.54, 1.807) is 7.11 Å². The van der Waals surface area contributed by atoms with Gasteiger partial charge in [0.25, 0.3) is 0 Å². The Kier molecular flexibility index (Phi) is 6.73. The van der Waals surface area contributed by atoms with E-state index in [4.69, 9.17) is 4.74 Å². The molecular formula is C22H33N5O. The van der Waals surface area contributed by atoms with Crippen LogP contribution >= 0.6 is 0 Å². The van der Waals surface area contributed by atoms with Gasteiger partial charge in [-0.3, -0.25) is 0 Å². The highest BCUT2D eigenvalue weighted by molar-refractivity contribution is 5.47. The van der Waals surface area contributed by atoms with E-state index < -0.39 is 0 Å². The van der Waals surface area contributed by atoms with Gasteiger partial charge in [-0.15, -0.1) is 0 Å². The number of benzene rings is 1. The fourth-order valence-electron chi connectivity index (χ4n) is 3.89. The first-order chi connectivity index (χ1) is 13.5. The monoisotopic (exact) mass is 383 g/mol. The zero-order valence-corrected chi connectivity index (χ0v) is 17.7. The topological polar surface area (TPSA) is 62.3 Å². The summed E-state index contributed by atoms with van der Waals surface area (Å²) in [6.07, 6.45) is 6.49. The molecule has 1 aliphatic rings. The first kappa shape index (κ1) is 20.4. The standard InChI is InChI=1S/C22H33N5O/c1-15-12-17(6-11-20(15)28-5)14-23-18-7-9-19(10-8-18)25-22-24-13-16(2)21(26-22)27(3)4/h6,11-13,18-19,23H,7-10,14H2,1-5H3,(H,24,25,26). The summed E-state index contributed by atoms with van der Waals surface area (Å²) in [5.41, 5.74) is 3.59. The molecule has 6 heteroatoms. The lowest BCUT2D eigenvalue weighted by Gasteiger charge is -2.30. The highest BCUT2D eigenvalue weighted by atomic mass is 16.5. The smallest absolute Gasteiger partial charge is 0.224 e. The second-order valence-electron chi connectivity index (χ2n) is 7.97. The van der Waals surface area contributed by atoms with E-state index in [0.717, 1.165) is 42.5 Å². The average molecular weight is 384 g/mol. The highest BCUT2D eigenvalue weighted by Crippen LogP contribution is 2.23. The molecule has 1 aromatic carbocycles. The lowest BCUT2D eigenvalue weighted by molar-refractivity contribution is 0.352. The lowest BCUT2D eigenvalue weighted by Crippen LogP contribution is -2.37. The number of aryl methyl sites for hydroxylation is 2. The van der Waals surface area contributed by atoms with Gasteiger partial charge in [0.15, 0.2) is 0 Å². The quantitative estimate of drug-likeness (QED) is 0.760. The molecule has 0 bridgehead atoms. The molecule has 1 aromatic heterocycles. The van der Waals surface area contributed by atoms with Crippen LogP contribution in [-0.4, -0.2) is 43.3 Å². The first-order valence-electron chi connectivity index (χ1n) is 10.1. The summed E-state index contributed by atoms with van der Waals surface area (Å²) in [5.74, 6) is 2.66. The maximum Gasteiger partial charge on any atom is 0.224 e. The SMILES string of the molecule is COc1ccc(CNC2CCC(Nc3ncc(C)c(N(C)C)n3)CC2)cc1C. The van der Waals surface area contributed by atoms with E-state index in [9.17, 15) is 0 Å². The third-order valence-corrected chi connectivity index (χ3v) is 5.48. The Morgan fingerprint density at radius 3 is 2.43 bits per heavy atom. The van der Waals surface area contributed by atoms with Crippen LogP contribution in [0.25, 0.3) is 0 Å². The minimum atomic E-state index is 0.444. The normalized spacial score (nSPS) is 19.3. The van der Waals surface area contributed by atoms with E-state index in [2.05, 4.69) is 45.7 Å². The van der Waals surface area contributed by atoms with Crippen LogP contribution in [0.5, 0.6) is 5.75 Å². The predicted molar refractivity (Wildman–Crippen MR) is 115 cm³/mol. The largest absolute Gasteiger partial charge is 0.496 e. The number of rotatable bonds is 7. The molecule has 0 unspecified atom stereocenters. The minimum Gasteiger partial charge on any atom is -0.496 e. The van der Waals surface area contributed by atoms with Crippen molar-refractivity contribution >= 4 is 11.8 Å². The van der Waals surface area contributed by atoms with Gasteiger partial charge in [-0.1, -0.05) is 12.1 Å². The molecule has 1 heterocycles. The van der Waals surface area contributed by atoms with Crippen molar-refractivity contribution in [1.29, 1.82) is 0 Å². The summed E-state index contributed by atoms with van der Waals surface area (Å²) >= 11 is 0. The Hall–Kier alpha value is -2.34. The van der Waals surface area contributed by atoms with Crippen LogP contribution in [-0.2, 0) is 6.54 Å². The van der Waals surface area contributed by atoms with Gasteiger partial charge >= 0.3 is 0 Å². The lowest BCUT2D eigenvalue weighted by atomic mass is 9.91. The van der Waals surface area contributed by atoms with Crippen LogP contribution in [0, 0.1) is 13.8 Å². The second kappa shape index (κ2) is 9.24. The summed E-state index contributed by atoms with van der Waals surface area (Å²) in [5, 5.41) is 7.24. The molecule has 1 aliphatic carbocycles. The fraction of sp³-hybridized carbons (Fsp3) is 0.545. The molecule has 0 saturated heterocycles. The van der Waals surface area contributed by atoms with Crippen molar-refractivity contribution < 1.29 is 4.74 Å². The Morgan fingerprint density at radius 2 is 1.79 bits per heavy atom. The number of anilines is 2. The van der Waals surface area contributed by atoms with Gasteiger partial charge in [-0.2, -0.15) is 4.98 Å². The van der Waals surface area contributed by atoms with Gasteiger partial charge in [0, 0.05) is 44.5 Å². The Morgan fingerprint density at radius 1 is 1.07 bits per heavy atom. The highest BCUT2D eigenvalue weighted by Gasteiger charge is 2.21. The van der Waals surface area contributed by atoms with Crippen LogP contribution in [0.2, 0.25) is 0 Å². The van der Waals surface area contributed by atoms with E-state index in [-0.39, 0.29) is 0 Å². The molecule has 1 saturated carbocycles. The Bertz CT molecular complexity index is 784. The maximum atomic E-state index is 5.34. The zero-order valence-electron chi connectivity index (χ0n) is 17.7. The van der Waals surface area contributed by atoms with Gasteiger partial charge in [0.05, 0.1) is 7.11 Å². The van der Waals surface area contributed by atoms with Crippen molar-refractivity contribution in [3.8, 4) is 5.75 Å². The van der Waals surface area contributed by atoms with Gasteiger partial charge in [0.2, 0.25) is 5.95 Å². The van der Waals surface area contributed by atoms with E-state index in [1.165, 1.54) is 24.0 Å². The fourth-order valence-corrected chi connectivity index (χ4v) is 3.89. The molecule has 152 valence electrons. The van der Waals surface area contributed by atoms with Crippen molar-refractivity contribution in [3.05, 3.63) is 41.1 Å². The molecule has 0 aliphatic heterocycles. The number of nitrogens with zero attached hydrogens (tertiary/aromatic N) is 3. The first-order valence-corrected chi connectivity index (χ1v) is 10.1. The number of methoxy groups -OCH3 is 1. The van der Waals surface area contributed by atoms with Crippen molar-refractivity contribution in [3.63, 3.8) is 0 Å². The number of ether oxygens (including phenoxy) is 1. The van der Waals surface area contributed by atoms with Gasteiger partial charge < -0.3 is 20.3 Å². The van der Waals surface area contributed by atoms with Gasteiger partial charge in [-0.25, -0.2) is 4.98 Å². The molecule has 2 aromatic rings. The number of hydrogen-bond acceptors (Lipinski definition) is 6. The average Bonchev–Trinajstić information content (AvgIpc) is 2.69. The third-order valence-electron chi connectivity index (χ3n) is 5.48. The van der Waals surface area contributed by atoms with E-state index in [1.807, 2.05) is 32.1 Å². The van der Waals surface area contributed by atoms with E-state index in [0.29, 0.717) is 12.1 Å². The van der Waals surface area contributed by atoms with Crippen molar-refractivity contribution in [1.82, 2.24) is 15.3 Å². The van der Waals surface area contributed by atoms with Crippen molar-refractivity contribution in [2.24, 2.45) is 0 Å². The molecule has 0 atom stereocenters. The summed E-state index contributed by atoms with van der Waals surface area (Å²) in [7, 11) is 5.75.